The molecule has 3 aliphatic rings. The minimum Gasteiger partial charge on any atom is -0.388 e. The van der Waals surface area contributed by atoms with E-state index in [9.17, 15) is 9.90 Å². The number of ether oxygens (including phenoxy) is 2. The topological polar surface area (TPSA) is 151 Å². The van der Waals surface area contributed by atoms with E-state index in [0.29, 0.717) is 58.8 Å². The van der Waals surface area contributed by atoms with Crippen LogP contribution >= 0.6 is 0 Å². The highest BCUT2D eigenvalue weighted by Gasteiger charge is 2.34. The van der Waals surface area contributed by atoms with E-state index in [-0.39, 0.29) is 5.91 Å². The number of carbonyl (C=O) groups is 1. The van der Waals surface area contributed by atoms with Crippen LogP contribution in [0.5, 0.6) is 0 Å². The smallest absolute Gasteiger partial charge is 0.220 e. The lowest BCUT2D eigenvalue weighted by atomic mass is 10.0. The van der Waals surface area contributed by atoms with Gasteiger partial charge in [-0.15, -0.1) is 0 Å². The van der Waals surface area contributed by atoms with Crippen LogP contribution in [0.2, 0.25) is 0 Å². The summed E-state index contributed by atoms with van der Waals surface area (Å²) in [6.45, 7) is 17.4. The number of amides is 1. The van der Waals surface area contributed by atoms with Crippen LogP contribution in [0, 0.1) is 13.8 Å². The summed E-state index contributed by atoms with van der Waals surface area (Å²) in [5.74, 6) is -0.0471. The molecule has 6 N–H and O–H groups in total. The van der Waals surface area contributed by atoms with Crippen molar-refractivity contribution in [3.05, 3.63) is 75.4 Å². The van der Waals surface area contributed by atoms with Crippen molar-refractivity contribution in [3.8, 4) is 0 Å². The fraction of sp³-hybridized carbons (Fsp3) is 0.410. The van der Waals surface area contributed by atoms with Gasteiger partial charge in [0.1, 0.15) is 0 Å². The van der Waals surface area contributed by atoms with Crippen molar-refractivity contribution in [2.45, 2.75) is 66.4 Å². The van der Waals surface area contributed by atoms with Gasteiger partial charge >= 0.3 is 0 Å². The Bertz CT molecular complexity index is 2030. The predicted octanol–water partition coefficient (Wildman–Crippen LogP) is 5.80. The van der Waals surface area contributed by atoms with Crippen molar-refractivity contribution < 1.29 is 19.4 Å². The number of hydrogen-bond donors (Lipinski definition) is 5. The molecule has 49 heavy (non-hydrogen) atoms. The number of H-pyrrole nitrogens is 2. The summed E-state index contributed by atoms with van der Waals surface area (Å²) in [7, 11) is 0. The van der Waals surface area contributed by atoms with E-state index in [1.807, 2.05) is 13.0 Å². The third-order valence-corrected chi connectivity index (χ3v) is 9.97. The van der Waals surface area contributed by atoms with Gasteiger partial charge in [-0.25, -0.2) is 9.97 Å². The van der Waals surface area contributed by atoms with Gasteiger partial charge in [-0.3, -0.25) is 4.79 Å². The first-order chi connectivity index (χ1) is 23.7. The molecule has 0 radical (unpaired) electrons. The Hall–Kier alpha value is -4.35. The lowest BCUT2D eigenvalue weighted by Gasteiger charge is -2.08. The molecular weight excluding hydrogens is 616 g/mol. The van der Waals surface area contributed by atoms with Gasteiger partial charge in [0.2, 0.25) is 5.91 Å². The Kier molecular flexibility index (Phi) is 10.3. The Morgan fingerprint density at radius 1 is 0.980 bits per heavy atom. The number of aromatic nitrogens is 4. The van der Waals surface area contributed by atoms with Crippen molar-refractivity contribution in [2.75, 3.05) is 39.5 Å². The van der Waals surface area contributed by atoms with Crippen LogP contribution in [-0.2, 0) is 27.1 Å². The van der Waals surface area contributed by atoms with Gasteiger partial charge in [-0.1, -0.05) is 19.6 Å². The number of aryl methyl sites for hydroxylation is 3. The number of aliphatic hydroxyl groups is 1. The molecule has 6 rings (SSSR count). The van der Waals surface area contributed by atoms with Crippen LogP contribution in [0.3, 0.4) is 0 Å². The Labute approximate surface area is 287 Å². The maximum atomic E-state index is 13.0. The molecule has 1 atom stereocenters. The van der Waals surface area contributed by atoms with Gasteiger partial charge in [0.25, 0.3) is 0 Å². The van der Waals surface area contributed by atoms with E-state index >= 15 is 0 Å². The van der Waals surface area contributed by atoms with Crippen LogP contribution in [0.4, 0.5) is 0 Å². The maximum Gasteiger partial charge on any atom is 0.220 e. The number of rotatable bonds is 13. The number of aliphatic hydroxyl groups excluding tert-OH is 1. The molecule has 1 unspecified atom stereocenters. The fourth-order valence-corrected chi connectivity index (χ4v) is 7.25. The minimum absolute atomic E-state index is 0.0471. The summed E-state index contributed by atoms with van der Waals surface area (Å²) in [6, 6.07) is 6.30. The SMILES string of the molecule is C=Cc1c(C)c2cc3[nH]c(c4c5nc(cc6nc(cc1[nH]2)C(C)=C6CC)C(C)=C5C(O)C4)c(CCC(=O)NCCOCCOCCN)c3C. The van der Waals surface area contributed by atoms with Gasteiger partial charge in [0, 0.05) is 64.7 Å². The highest BCUT2D eigenvalue weighted by atomic mass is 16.5. The largest absolute Gasteiger partial charge is 0.388 e. The molecule has 0 aromatic carbocycles. The molecule has 0 spiro atoms. The van der Waals surface area contributed by atoms with Gasteiger partial charge < -0.3 is 35.6 Å². The number of hydrogen-bond acceptors (Lipinski definition) is 7. The molecular formula is C39H48N6O4. The fourth-order valence-electron chi connectivity index (χ4n) is 7.25. The second-order valence-corrected chi connectivity index (χ2v) is 12.9. The van der Waals surface area contributed by atoms with Crippen LogP contribution in [0.15, 0.2) is 24.8 Å². The molecule has 0 saturated heterocycles. The van der Waals surface area contributed by atoms with Crippen molar-refractivity contribution in [1.29, 1.82) is 0 Å². The normalized spacial score (nSPS) is 15.4. The third-order valence-electron chi connectivity index (χ3n) is 9.97. The maximum absolute atomic E-state index is 13.0. The number of nitrogens with two attached hydrogens (primary N) is 1. The van der Waals surface area contributed by atoms with Crippen LogP contribution in [-0.4, -0.2) is 76.6 Å². The van der Waals surface area contributed by atoms with Gasteiger partial charge in [-0.05, 0) is 92.1 Å². The zero-order chi connectivity index (χ0) is 34.8. The summed E-state index contributed by atoms with van der Waals surface area (Å²) < 4.78 is 10.9. The van der Waals surface area contributed by atoms with E-state index < -0.39 is 6.10 Å². The molecule has 10 heteroatoms. The van der Waals surface area contributed by atoms with E-state index in [1.165, 1.54) is 5.57 Å². The van der Waals surface area contributed by atoms with Gasteiger partial charge in [0.05, 0.1) is 55.3 Å². The second-order valence-electron chi connectivity index (χ2n) is 12.9. The van der Waals surface area contributed by atoms with Crippen LogP contribution in [0.25, 0.3) is 50.4 Å². The third kappa shape index (κ3) is 6.66. The lowest BCUT2D eigenvalue weighted by Crippen LogP contribution is -2.28. The molecule has 8 bridgehead atoms. The minimum atomic E-state index is -0.668. The molecule has 0 saturated carbocycles. The van der Waals surface area contributed by atoms with Crippen LogP contribution in [0.1, 0.15) is 84.2 Å². The van der Waals surface area contributed by atoms with Crippen LogP contribution < -0.4 is 11.1 Å². The number of carbonyl (C=O) groups excluding carboxylic acids is 1. The highest BCUT2D eigenvalue weighted by molar-refractivity contribution is 5.99. The highest BCUT2D eigenvalue weighted by Crippen LogP contribution is 2.43. The summed E-state index contributed by atoms with van der Waals surface area (Å²) in [4.78, 5) is 30.6. The van der Waals surface area contributed by atoms with E-state index in [2.05, 4.69) is 67.8 Å². The summed E-state index contributed by atoms with van der Waals surface area (Å²) in [5.41, 5.74) is 22.0. The predicted molar refractivity (Wildman–Crippen MR) is 198 cm³/mol. The number of nitrogens with one attached hydrogen (secondary N) is 3. The van der Waals surface area contributed by atoms with Crippen molar-refractivity contribution in [3.63, 3.8) is 0 Å². The zero-order valence-electron chi connectivity index (χ0n) is 29.3. The molecule has 3 aromatic rings. The lowest BCUT2D eigenvalue weighted by molar-refractivity contribution is -0.121. The molecule has 3 aromatic heterocycles. The molecule has 1 amide bonds. The van der Waals surface area contributed by atoms with Crippen molar-refractivity contribution in [1.82, 2.24) is 25.3 Å². The van der Waals surface area contributed by atoms with Gasteiger partial charge in [-0.2, -0.15) is 0 Å². The molecule has 5 heterocycles. The van der Waals surface area contributed by atoms with E-state index in [1.54, 1.807) is 0 Å². The van der Waals surface area contributed by atoms with Crippen molar-refractivity contribution >= 4 is 56.3 Å². The van der Waals surface area contributed by atoms with Gasteiger partial charge in [0.15, 0.2) is 0 Å². The first-order valence-electron chi connectivity index (χ1n) is 17.3. The summed E-state index contributed by atoms with van der Waals surface area (Å²) in [5, 5.41) is 14.4. The molecule has 2 aliphatic heterocycles. The summed E-state index contributed by atoms with van der Waals surface area (Å²) >= 11 is 0. The Balaban J connectivity index is 1.45. The second kappa shape index (κ2) is 14.6. The average Bonchev–Trinajstić information content (AvgIpc) is 3.83. The zero-order valence-corrected chi connectivity index (χ0v) is 29.3. The molecule has 1 aliphatic carbocycles. The summed E-state index contributed by atoms with van der Waals surface area (Å²) in [6.07, 6.45) is 3.35. The number of nitrogens with zero attached hydrogens (tertiary/aromatic N) is 2. The number of aromatic amines is 2. The molecule has 0 fully saturated rings. The first kappa shape index (κ1) is 34.5. The standard InChI is InChI=1S/C39H48N6O4/c1-7-25-21(3)29-18-31-23(5)27(9-10-36(47)41-12-14-49-16-15-48-13-11-40)38(44-31)28-17-35(46)37-24(6)32(45-39(28)37)20-34-26(8-2)22(4)30(43-34)19-33(25)42-29/h7,18-20,35,42,44,46H,1,8-17,40H2,2-6H3,(H,41,47). The number of fused-ring (bicyclic) bond motifs is 8. The van der Waals surface area contributed by atoms with E-state index in [4.69, 9.17) is 25.2 Å². The molecule has 10 nitrogen and oxygen atoms in total. The number of allylic oxidation sites excluding steroid dienone is 3. The average molecular weight is 665 g/mol. The van der Waals surface area contributed by atoms with E-state index in [0.717, 1.165) is 95.8 Å². The Morgan fingerprint density at radius 2 is 1.71 bits per heavy atom. The van der Waals surface area contributed by atoms with Crippen molar-refractivity contribution in [2.24, 2.45) is 5.73 Å². The Morgan fingerprint density at radius 3 is 2.45 bits per heavy atom. The quantitative estimate of drug-likeness (QED) is 0.145. The molecule has 258 valence electrons. The first-order valence-corrected chi connectivity index (χ1v) is 17.3. The monoisotopic (exact) mass is 664 g/mol.